The van der Waals surface area contributed by atoms with E-state index in [9.17, 15) is 14.4 Å². The summed E-state index contributed by atoms with van der Waals surface area (Å²) in [5, 5.41) is 6.77. The number of amides is 3. The van der Waals surface area contributed by atoms with E-state index in [2.05, 4.69) is 15.6 Å². The predicted octanol–water partition coefficient (Wildman–Crippen LogP) is 3.47. The highest BCUT2D eigenvalue weighted by molar-refractivity contribution is 6.04. The molecule has 6 rings (SSSR count). The average molecular weight is 509 g/mol. The molecular weight excluding hydrogens is 480 g/mol. The zero-order valence-electron chi connectivity index (χ0n) is 21.2. The Morgan fingerprint density at radius 3 is 2.63 bits per heavy atom. The number of aromatic nitrogens is 1. The van der Waals surface area contributed by atoms with Gasteiger partial charge in [-0.15, -0.1) is 0 Å². The number of fused-ring (bicyclic) bond motifs is 7. The summed E-state index contributed by atoms with van der Waals surface area (Å²) in [6, 6.07) is 21.0. The molecule has 3 heterocycles. The van der Waals surface area contributed by atoms with Crippen LogP contribution in [0.25, 0.3) is 10.9 Å². The van der Waals surface area contributed by atoms with Crippen molar-refractivity contribution in [2.75, 3.05) is 7.11 Å². The number of rotatable bonds is 6. The predicted molar refractivity (Wildman–Crippen MR) is 143 cm³/mol. The highest BCUT2D eigenvalue weighted by Crippen LogP contribution is 2.46. The number of H-pyrrole nitrogens is 1. The van der Waals surface area contributed by atoms with Crippen molar-refractivity contribution in [1.29, 1.82) is 0 Å². The number of benzene rings is 3. The zero-order valence-corrected chi connectivity index (χ0v) is 21.2. The van der Waals surface area contributed by atoms with Crippen LogP contribution in [-0.2, 0) is 22.6 Å². The van der Waals surface area contributed by atoms with Gasteiger partial charge in [-0.1, -0.05) is 54.6 Å². The van der Waals surface area contributed by atoms with E-state index in [-0.39, 0.29) is 30.3 Å². The molecule has 0 aliphatic carbocycles. The molecule has 3 N–H and O–H groups in total. The second kappa shape index (κ2) is 9.37. The van der Waals surface area contributed by atoms with Gasteiger partial charge in [-0.25, -0.2) is 0 Å². The van der Waals surface area contributed by atoms with E-state index < -0.39 is 12.1 Å². The molecule has 2 aliphatic rings. The van der Waals surface area contributed by atoms with Gasteiger partial charge in [0.25, 0.3) is 5.91 Å². The summed E-state index contributed by atoms with van der Waals surface area (Å²) in [5.41, 5.74) is 5.26. The normalized spacial score (nSPS) is 18.4. The van der Waals surface area contributed by atoms with Crippen LogP contribution in [0.15, 0.2) is 72.8 Å². The monoisotopic (exact) mass is 508 g/mol. The first-order valence-electron chi connectivity index (χ1n) is 12.7. The van der Waals surface area contributed by atoms with Crippen molar-refractivity contribution in [2.45, 2.75) is 38.0 Å². The first-order chi connectivity index (χ1) is 18.5. The topological polar surface area (TPSA) is 104 Å². The third kappa shape index (κ3) is 3.80. The van der Waals surface area contributed by atoms with E-state index >= 15 is 0 Å². The van der Waals surface area contributed by atoms with Gasteiger partial charge in [0.1, 0.15) is 17.8 Å². The number of para-hydroxylation sites is 2. The number of hydrogen-bond donors (Lipinski definition) is 3. The van der Waals surface area contributed by atoms with Gasteiger partial charge in [-0.05, 0) is 36.2 Å². The molecule has 8 heteroatoms. The molecule has 8 nitrogen and oxygen atoms in total. The quantitative estimate of drug-likeness (QED) is 0.371. The SMILES string of the molecule is COc1ccccc1CNC(=O)C(C)NC(=O)C1Cc2c([nH]c3ccccc23)C2c3ccccc3C(=O)N12. The minimum atomic E-state index is -0.792. The van der Waals surface area contributed by atoms with Crippen LogP contribution in [0.5, 0.6) is 5.75 Å². The lowest BCUT2D eigenvalue weighted by Crippen LogP contribution is -2.55. The number of carbonyl (C=O) groups excluding carboxylic acids is 3. The fourth-order valence-corrected chi connectivity index (χ4v) is 5.70. The molecule has 0 radical (unpaired) electrons. The first-order valence-corrected chi connectivity index (χ1v) is 12.7. The molecule has 0 fully saturated rings. The number of methoxy groups -OCH3 is 1. The molecular formula is C30H28N4O4. The first kappa shape index (κ1) is 23.8. The molecule has 192 valence electrons. The molecule has 38 heavy (non-hydrogen) atoms. The van der Waals surface area contributed by atoms with Crippen molar-refractivity contribution in [1.82, 2.24) is 20.5 Å². The second-order valence-corrected chi connectivity index (χ2v) is 9.74. The Hall–Kier alpha value is -4.59. The van der Waals surface area contributed by atoms with Gasteiger partial charge in [0.2, 0.25) is 11.8 Å². The number of nitrogens with one attached hydrogen (secondary N) is 3. The summed E-state index contributed by atoms with van der Waals surface area (Å²) < 4.78 is 5.35. The summed E-state index contributed by atoms with van der Waals surface area (Å²) in [7, 11) is 1.58. The fraction of sp³-hybridized carbons (Fsp3) is 0.233. The van der Waals surface area contributed by atoms with E-state index in [1.165, 1.54) is 0 Å². The van der Waals surface area contributed by atoms with E-state index in [4.69, 9.17) is 4.74 Å². The van der Waals surface area contributed by atoms with Crippen molar-refractivity contribution in [3.05, 3.63) is 101 Å². The molecule has 0 saturated heterocycles. The van der Waals surface area contributed by atoms with Crippen LogP contribution < -0.4 is 15.4 Å². The lowest BCUT2D eigenvalue weighted by atomic mass is 9.90. The summed E-state index contributed by atoms with van der Waals surface area (Å²) in [6.45, 7) is 1.92. The second-order valence-electron chi connectivity index (χ2n) is 9.74. The maximum Gasteiger partial charge on any atom is 0.255 e. The van der Waals surface area contributed by atoms with Gasteiger partial charge in [-0.3, -0.25) is 14.4 Å². The Balaban J connectivity index is 1.26. The zero-order chi connectivity index (χ0) is 26.4. The number of ether oxygens (including phenoxy) is 1. The third-order valence-corrected chi connectivity index (χ3v) is 7.55. The molecule has 1 aromatic heterocycles. The van der Waals surface area contributed by atoms with E-state index in [0.29, 0.717) is 17.7 Å². The molecule has 0 bridgehead atoms. The van der Waals surface area contributed by atoms with Crippen molar-refractivity contribution in [2.24, 2.45) is 0 Å². The van der Waals surface area contributed by atoms with Crippen molar-refractivity contribution in [3.8, 4) is 5.75 Å². The van der Waals surface area contributed by atoms with Crippen molar-refractivity contribution < 1.29 is 19.1 Å². The largest absolute Gasteiger partial charge is 0.496 e. The Labute approximate surface area is 220 Å². The van der Waals surface area contributed by atoms with Crippen LogP contribution >= 0.6 is 0 Å². The van der Waals surface area contributed by atoms with Crippen LogP contribution in [0.2, 0.25) is 0 Å². The highest BCUT2D eigenvalue weighted by Gasteiger charge is 2.49. The number of aromatic amines is 1. The maximum absolute atomic E-state index is 13.7. The fourth-order valence-electron chi connectivity index (χ4n) is 5.70. The van der Waals surface area contributed by atoms with Gasteiger partial charge in [0, 0.05) is 40.7 Å². The molecule has 3 unspecified atom stereocenters. The summed E-state index contributed by atoms with van der Waals surface area (Å²) in [4.78, 5) is 45.3. The van der Waals surface area contributed by atoms with E-state index in [0.717, 1.165) is 33.3 Å². The molecule has 3 atom stereocenters. The number of hydrogen-bond acceptors (Lipinski definition) is 4. The van der Waals surface area contributed by atoms with Gasteiger partial charge in [0.15, 0.2) is 0 Å². The molecule has 4 aromatic rings. The van der Waals surface area contributed by atoms with E-state index in [1.54, 1.807) is 25.0 Å². The third-order valence-electron chi connectivity index (χ3n) is 7.55. The standard InChI is InChI=1S/C30H28N4O4/c1-17(28(35)31-16-18-9-3-8-14-25(18)38-2)32-29(36)24-15-22-19-10-6-7-13-23(19)33-26(22)27-20-11-4-5-12-21(20)30(37)34(24)27/h3-14,17,24,27,33H,15-16H2,1-2H3,(H,31,35)(H,32,36). The minimum Gasteiger partial charge on any atom is -0.496 e. The van der Waals surface area contributed by atoms with Gasteiger partial charge >= 0.3 is 0 Å². The Morgan fingerprint density at radius 2 is 1.79 bits per heavy atom. The smallest absolute Gasteiger partial charge is 0.255 e. The van der Waals surface area contributed by atoms with Gasteiger partial charge in [-0.2, -0.15) is 0 Å². The Bertz CT molecular complexity index is 1580. The van der Waals surface area contributed by atoms with Crippen LogP contribution in [0.1, 0.15) is 45.7 Å². The lowest BCUT2D eigenvalue weighted by molar-refractivity contribution is -0.131. The Morgan fingerprint density at radius 1 is 1.05 bits per heavy atom. The molecule has 3 amide bonds. The van der Waals surface area contributed by atoms with Crippen LogP contribution in [-0.4, -0.2) is 46.8 Å². The summed E-state index contributed by atoms with van der Waals surface area (Å²) in [6.07, 6.45) is 0.358. The number of nitrogens with zero attached hydrogens (tertiary/aromatic N) is 1. The molecule has 2 aliphatic heterocycles. The summed E-state index contributed by atoms with van der Waals surface area (Å²) in [5.74, 6) is -0.171. The highest BCUT2D eigenvalue weighted by atomic mass is 16.5. The average Bonchev–Trinajstić information content (AvgIpc) is 3.46. The molecule has 3 aromatic carbocycles. The Kier molecular flexibility index (Phi) is 5.87. The van der Waals surface area contributed by atoms with Crippen molar-refractivity contribution >= 4 is 28.6 Å². The number of carbonyl (C=O) groups is 3. The van der Waals surface area contributed by atoms with Crippen LogP contribution in [0.4, 0.5) is 0 Å². The molecule has 0 saturated carbocycles. The summed E-state index contributed by atoms with van der Waals surface area (Å²) >= 11 is 0. The van der Waals surface area contributed by atoms with E-state index in [1.807, 2.05) is 66.7 Å². The van der Waals surface area contributed by atoms with Crippen LogP contribution in [0, 0.1) is 0 Å². The minimum absolute atomic E-state index is 0.177. The maximum atomic E-state index is 13.7. The van der Waals surface area contributed by atoms with Gasteiger partial charge < -0.3 is 25.3 Å². The molecule has 0 spiro atoms. The lowest BCUT2D eigenvalue weighted by Gasteiger charge is -2.37. The van der Waals surface area contributed by atoms with Crippen molar-refractivity contribution in [3.63, 3.8) is 0 Å². The van der Waals surface area contributed by atoms with Gasteiger partial charge in [0.05, 0.1) is 13.2 Å². The van der Waals surface area contributed by atoms with Crippen LogP contribution in [0.3, 0.4) is 0 Å².